The minimum atomic E-state index is -0.0734. The van der Waals surface area contributed by atoms with Crippen molar-refractivity contribution in [1.82, 2.24) is 5.32 Å². The number of nitrogens with one attached hydrogen (secondary N) is 1. The average molecular weight is 270 g/mol. The third kappa shape index (κ3) is 2.00. The summed E-state index contributed by atoms with van der Waals surface area (Å²) in [5.41, 5.74) is 1.66. The smallest absolute Gasteiger partial charge is 0.255 e. The maximum absolute atomic E-state index is 11.8. The largest absolute Gasteiger partial charge is 0.491 e. The van der Waals surface area contributed by atoms with Gasteiger partial charge >= 0.3 is 0 Å². The van der Waals surface area contributed by atoms with Crippen molar-refractivity contribution in [2.45, 2.75) is 19.9 Å². The van der Waals surface area contributed by atoms with Crippen LogP contribution in [0.2, 0.25) is 0 Å². The Morgan fingerprint density at radius 3 is 3.00 bits per heavy atom. The first-order valence-corrected chi connectivity index (χ1v) is 5.61. The summed E-state index contributed by atoms with van der Waals surface area (Å²) in [6.45, 7) is 4.41. The lowest BCUT2D eigenvalue weighted by Crippen LogP contribution is -2.33. The van der Waals surface area contributed by atoms with Crippen LogP contribution in [0.25, 0.3) is 0 Å². The fourth-order valence-corrected chi connectivity index (χ4v) is 1.85. The Morgan fingerprint density at radius 1 is 1.53 bits per heavy atom. The van der Waals surface area contributed by atoms with Crippen LogP contribution in [0.4, 0.5) is 0 Å². The second-order valence-corrected chi connectivity index (χ2v) is 4.64. The Hall–Kier alpha value is -1.03. The van der Waals surface area contributed by atoms with Crippen molar-refractivity contribution in [1.29, 1.82) is 0 Å². The summed E-state index contributed by atoms with van der Waals surface area (Å²) in [6.07, 6.45) is 0. The number of halogens is 1. The predicted molar refractivity (Wildman–Crippen MR) is 61.3 cm³/mol. The molecule has 0 spiro atoms. The fourth-order valence-electron chi connectivity index (χ4n) is 1.51. The van der Waals surface area contributed by atoms with Crippen LogP contribution in [0, 0.1) is 6.92 Å². The standard InChI is InChI=1S/C11H12BrNO2/c1-6-3-10-8(4-9(6)12)11(14)13-7(2)5-15-10/h3-4,7H,5H2,1-2H3,(H,13,14)/t7-/m1/s1. The molecule has 0 fully saturated rings. The highest BCUT2D eigenvalue weighted by Gasteiger charge is 2.20. The molecule has 0 aromatic heterocycles. The number of carbonyl (C=O) groups excluding carboxylic acids is 1. The SMILES string of the molecule is Cc1cc2c(cc1Br)C(=O)N[C@H](C)CO2. The van der Waals surface area contributed by atoms with Crippen LogP contribution in [-0.4, -0.2) is 18.6 Å². The maximum Gasteiger partial charge on any atom is 0.255 e. The van der Waals surface area contributed by atoms with E-state index in [4.69, 9.17) is 4.74 Å². The molecule has 1 amide bonds. The van der Waals surface area contributed by atoms with Crippen molar-refractivity contribution in [3.63, 3.8) is 0 Å². The van der Waals surface area contributed by atoms with Crippen molar-refractivity contribution in [3.05, 3.63) is 27.7 Å². The van der Waals surface area contributed by atoms with Crippen molar-refractivity contribution < 1.29 is 9.53 Å². The quantitative estimate of drug-likeness (QED) is 0.785. The molecule has 80 valence electrons. The molecular weight excluding hydrogens is 258 g/mol. The molecule has 1 aliphatic heterocycles. The van der Waals surface area contributed by atoms with Gasteiger partial charge in [0.25, 0.3) is 5.91 Å². The van der Waals surface area contributed by atoms with Crippen molar-refractivity contribution in [2.24, 2.45) is 0 Å². The molecule has 1 atom stereocenters. The van der Waals surface area contributed by atoms with E-state index in [1.165, 1.54) is 0 Å². The summed E-state index contributed by atoms with van der Waals surface area (Å²) in [7, 11) is 0. The number of hydrogen-bond acceptors (Lipinski definition) is 2. The summed E-state index contributed by atoms with van der Waals surface area (Å²) in [6, 6.07) is 3.73. The van der Waals surface area contributed by atoms with E-state index < -0.39 is 0 Å². The van der Waals surface area contributed by atoms with E-state index in [-0.39, 0.29) is 11.9 Å². The van der Waals surface area contributed by atoms with Crippen LogP contribution in [0.15, 0.2) is 16.6 Å². The van der Waals surface area contributed by atoms with Gasteiger partial charge in [-0.25, -0.2) is 0 Å². The molecule has 0 bridgehead atoms. The van der Waals surface area contributed by atoms with Gasteiger partial charge in [0.1, 0.15) is 12.4 Å². The van der Waals surface area contributed by atoms with Gasteiger partial charge in [0.15, 0.2) is 0 Å². The molecule has 4 heteroatoms. The van der Waals surface area contributed by atoms with Gasteiger partial charge in [0.2, 0.25) is 0 Å². The van der Waals surface area contributed by atoms with E-state index in [1.54, 1.807) is 6.07 Å². The molecule has 1 aromatic rings. The van der Waals surface area contributed by atoms with Crippen molar-refractivity contribution in [3.8, 4) is 5.75 Å². The van der Waals surface area contributed by atoms with Crippen molar-refractivity contribution >= 4 is 21.8 Å². The third-order valence-electron chi connectivity index (χ3n) is 2.37. The van der Waals surface area contributed by atoms with Gasteiger partial charge in [-0.2, -0.15) is 0 Å². The summed E-state index contributed by atoms with van der Waals surface area (Å²) < 4.78 is 6.49. The molecule has 15 heavy (non-hydrogen) atoms. The lowest BCUT2D eigenvalue weighted by molar-refractivity contribution is 0.0942. The zero-order valence-corrected chi connectivity index (χ0v) is 10.2. The summed E-state index contributed by atoms with van der Waals surface area (Å²) in [5, 5.41) is 2.86. The maximum atomic E-state index is 11.8. The van der Waals surface area contributed by atoms with Gasteiger partial charge in [0, 0.05) is 4.47 Å². The van der Waals surface area contributed by atoms with Gasteiger partial charge in [-0.15, -0.1) is 0 Å². The molecule has 1 heterocycles. The number of fused-ring (bicyclic) bond motifs is 1. The molecule has 0 saturated heterocycles. The topological polar surface area (TPSA) is 38.3 Å². The first-order chi connectivity index (χ1) is 7.08. The Morgan fingerprint density at radius 2 is 2.27 bits per heavy atom. The first-order valence-electron chi connectivity index (χ1n) is 4.81. The summed E-state index contributed by atoms with van der Waals surface area (Å²) in [5.74, 6) is 0.591. The lowest BCUT2D eigenvalue weighted by Gasteiger charge is -2.08. The minimum absolute atomic E-state index is 0.0454. The molecule has 0 saturated carbocycles. The van der Waals surface area contributed by atoms with E-state index in [0.717, 1.165) is 10.0 Å². The number of amides is 1. The van der Waals surface area contributed by atoms with Crippen LogP contribution in [0.5, 0.6) is 5.75 Å². The first kappa shape index (κ1) is 10.5. The Balaban J connectivity index is 2.49. The van der Waals surface area contributed by atoms with E-state index in [0.29, 0.717) is 17.9 Å². The molecule has 3 nitrogen and oxygen atoms in total. The second-order valence-electron chi connectivity index (χ2n) is 3.78. The minimum Gasteiger partial charge on any atom is -0.491 e. The fraction of sp³-hybridized carbons (Fsp3) is 0.364. The molecule has 0 unspecified atom stereocenters. The molecule has 1 aromatic carbocycles. The Bertz CT molecular complexity index is 417. The third-order valence-corrected chi connectivity index (χ3v) is 3.23. The van der Waals surface area contributed by atoms with Gasteiger partial charge in [-0.3, -0.25) is 4.79 Å². The average Bonchev–Trinajstić information content (AvgIpc) is 2.30. The number of carbonyl (C=O) groups is 1. The monoisotopic (exact) mass is 269 g/mol. The van der Waals surface area contributed by atoms with Gasteiger partial charge in [-0.05, 0) is 31.5 Å². The van der Waals surface area contributed by atoms with E-state index in [9.17, 15) is 4.79 Å². The van der Waals surface area contributed by atoms with E-state index >= 15 is 0 Å². The van der Waals surface area contributed by atoms with Crippen LogP contribution in [-0.2, 0) is 0 Å². The van der Waals surface area contributed by atoms with Crippen LogP contribution in [0.3, 0.4) is 0 Å². The zero-order chi connectivity index (χ0) is 11.0. The van der Waals surface area contributed by atoms with Gasteiger partial charge in [0.05, 0.1) is 11.6 Å². The highest BCUT2D eigenvalue weighted by Crippen LogP contribution is 2.28. The number of benzene rings is 1. The van der Waals surface area contributed by atoms with Crippen LogP contribution >= 0.6 is 15.9 Å². The van der Waals surface area contributed by atoms with Gasteiger partial charge in [-0.1, -0.05) is 15.9 Å². The number of rotatable bonds is 0. The number of aryl methyl sites for hydroxylation is 1. The predicted octanol–water partition coefficient (Wildman–Crippen LogP) is 2.27. The zero-order valence-electron chi connectivity index (χ0n) is 8.63. The highest BCUT2D eigenvalue weighted by molar-refractivity contribution is 9.10. The lowest BCUT2D eigenvalue weighted by atomic mass is 10.1. The molecule has 1 N–H and O–H groups in total. The molecule has 0 radical (unpaired) electrons. The van der Waals surface area contributed by atoms with Crippen molar-refractivity contribution in [2.75, 3.05) is 6.61 Å². The van der Waals surface area contributed by atoms with E-state index in [2.05, 4.69) is 21.2 Å². The normalized spacial score (nSPS) is 19.9. The molecular formula is C11H12BrNO2. The summed E-state index contributed by atoms with van der Waals surface area (Å²) in [4.78, 5) is 11.8. The Kier molecular flexibility index (Phi) is 2.69. The molecule has 1 aliphatic rings. The summed E-state index contributed by atoms with van der Waals surface area (Å²) >= 11 is 3.41. The van der Waals surface area contributed by atoms with Gasteiger partial charge < -0.3 is 10.1 Å². The Labute approximate surface area is 96.9 Å². The number of ether oxygens (including phenoxy) is 1. The molecule has 0 aliphatic carbocycles. The van der Waals surface area contributed by atoms with E-state index in [1.807, 2.05) is 19.9 Å². The second kappa shape index (κ2) is 3.85. The van der Waals surface area contributed by atoms with Crippen LogP contribution in [0.1, 0.15) is 22.8 Å². The van der Waals surface area contributed by atoms with Crippen LogP contribution < -0.4 is 10.1 Å². The highest BCUT2D eigenvalue weighted by atomic mass is 79.9. The number of hydrogen-bond donors (Lipinski definition) is 1. The molecule has 2 rings (SSSR count).